The minimum absolute atomic E-state index is 0.106. The van der Waals surface area contributed by atoms with Crippen molar-refractivity contribution >= 4 is 12.1 Å². The summed E-state index contributed by atoms with van der Waals surface area (Å²) in [7, 11) is 4.54. The van der Waals surface area contributed by atoms with E-state index in [2.05, 4.69) is 17.4 Å². The van der Waals surface area contributed by atoms with Crippen LogP contribution in [0.4, 0.5) is 4.79 Å². The van der Waals surface area contributed by atoms with E-state index < -0.39 is 18.1 Å². The summed E-state index contributed by atoms with van der Waals surface area (Å²) in [5.74, 6) is 0.156. The van der Waals surface area contributed by atoms with Crippen molar-refractivity contribution in [3.05, 3.63) is 77.4 Å². The van der Waals surface area contributed by atoms with E-state index >= 15 is 0 Å². The van der Waals surface area contributed by atoms with Gasteiger partial charge in [0.15, 0.2) is 11.5 Å². The maximum atomic E-state index is 12.6. The number of rotatable bonds is 10. The van der Waals surface area contributed by atoms with Gasteiger partial charge in [0.1, 0.15) is 12.6 Å². The first-order chi connectivity index (χ1) is 17.5. The Bertz CT molecular complexity index is 1190. The molecule has 0 saturated heterocycles. The second kappa shape index (κ2) is 11.0. The highest BCUT2D eigenvalue weighted by atomic mass is 16.5. The number of carboxylic acid groups (broad SMARTS) is 1. The van der Waals surface area contributed by atoms with Gasteiger partial charge in [0.25, 0.3) is 0 Å². The molecular formula is C28H29NO7. The molecule has 0 aromatic heterocycles. The summed E-state index contributed by atoms with van der Waals surface area (Å²) in [5, 5.41) is 12.2. The molecule has 0 fully saturated rings. The molecule has 1 amide bonds. The van der Waals surface area contributed by atoms with Gasteiger partial charge in [-0.25, -0.2) is 9.59 Å². The highest BCUT2D eigenvalue weighted by Gasteiger charge is 2.29. The molecule has 1 atom stereocenters. The summed E-state index contributed by atoms with van der Waals surface area (Å²) in [6.45, 7) is 0.110. The van der Waals surface area contributed by atoms with Crippen LogP contribution in [0.3, 0.4) is 0 Å². The number of carboxylic acids is 1. The molecule has 0 radical (unpaired) electrons. The predicted octanol–water partition coefficient (Wildman–Crippen LogP) is 4.64. The molecule has 2 N–H and O–H groups in total. The summed E-state index contributed by atoms with van der Waals surface area (Å²) in [6.07, 6.45) is -0.260. The van der Waals surface area contributed by atoms with Crippen LogP contribution in [-0.2, 0) is 16.0 Å². The zero-order valence-electron chi connectivity index (χ0n) is 20.4. The van der Waals surface area contributed by atoms with Crippen LogP contribution in [0.1, 0.15) is 29.0 Å². The maximum Gasteiger partial charge on any atom is 0.407 e. The van der Waals surface area contributed by atoms with Crippen molar-refractivity contribution in [1.29, 1.82) is 0 Å². The van der Waals surface area contributed by atoms with E-state index in [0.29, 0.717) is 23.7 Å². The minimum atomic E-state index is -1.14. The third kappa shape index (κ3) is 5.07. The van der Waals surface area contributed by atoms with Crippen molar-refractivity contribution in [2.24, 2.45) is 0 Å². The predicted molar refractivity (Wildman–Crippen MR) is 134 cm³/mol. The fraction of sp³-hybridized carbons (Fsp3) is 0.286. The van der Waals surface area contributed by atoms with Crippen LogP contribution in [-0.4, -0.2) is 51.1 Å². The first-order valence-corrected chi connectivity index (χ1v) is 11.6. The lowest BCUT2D eigenvalue weighted by Gasteiger charge is -2.18. The lowest BCUT2D eigenvalue weighted by molar-refractivity contribution is -0.139. The molecule has 0 bridgehead atoms. The Kier molecular flexibility index (Phi) is 7.63. The molecule has 188 valence electrons. The minimum Gasteiger partial charge on any atom is -0.493 e. The Morgan fingerprint density at radius 2 is 1.44 bits per heavy atom. The summed E-state index contributed by atoms with van der Waals surface area (Å²) < 4.78 is 21.5. The molecule has 3 aromatic carbocycles. The Balaban J connectivity index is 1.40. The Labute approximate surface area is 209 Å². The Morgan fingerprint density at radius 1 is 0.889 bits per heavy atom. The quantitative estimate of drug-likeness (QED) is 0.426. The lowest BCUT2D eigenvalue weighted by atomic mass is 9.98. The van der Waals surface area contributed by atoms with Gasteiger partial charge in [-0.3, -0.25) is 0 Å². The molecule has 1 aliphatic rings. The summed E-state index contributed by atoms with van der Waals surface area (Å²) in [5.41, 5.74) is 5.20. The van der Waals surface area contributed by atoms with E-state index in [0.717, 1.165) is 27.8 Å². The number of amides is 1. The van der Waals surface area contributed by atoms with Gasteiger partial charge in [-0.15, -0.1) is 0 Å². The van der Waals surface area contributed by atoms with E-state index in [1.165, 1.54) is 21.3 Å². The molecule has 1 aliphatic carbocycles. The molecule has 36 heavy (non-hydrogen) atoms. The number of methoxy groups -OCH3 is 3. The first-order valence-electron chi connectivity index (χ1n) is 11.6. The number of aliphatic carboxylic acids is 1. The average molecular weight is 492 g/mol. The number of hydrogen-bond acceptors (Lipinski definition) is 6. The summed E-state index contributed by atoms with van der Waals surface area (Å²) in [6, 6.07) is 18.4. The van der Waals surface area contributed by atoms with Crippen LogP contribution in [0.25, 0.3) is 11.1 Å². The number of carbonyl (C=O) groups excluding carboxylic acids is 1. The fourth-order valence-electron chi connectivity index (χ4n) is 4.63. The van der Waals surface area contributed by atoms with Gasteiger partial charge in [-0.05, 0) is 52.8 Å². The molecule has 0 unspecified atom stereocenters. The van der Waals surface area contributed by atoms with Crippen LogP contribution in [0.15, 0.2) is 60.7 Å². The lowest BCUT2D eigenvalue weighted by Crippen LogP contribution is -2.41. The van der Waals surface area contributed by atoms with Gasteiger partial charge in [0.05, 0.1) is 21.3 Å². The van der Waals surface area contributed by atoms with Gasteiger partial charge in [0.2, 0.25) is 5.75 Å². The van der Waals surface area contributed by atoms with Crippen molar-refractivity contribution < 1.29 is 33.6 Å². The number of nitrogens with one attached hydrogen (secondary N) is 1. The standard InChI is InChI=1S/C28H29NO7/c1-33-24-14-17(15-25(34-2)26(24)35-3)12-13-23(27(30)31)29-28(32)36-16-22-20-10-6-4-8-18(20)19-9-5-7-11-21(19)22/h4-11,14-15,22-23H,12-13,16H2,1-3H3,(H,29,32)(H,30,31)/t23-/m0/s1. The van der Waals surface area contributed by atoms with E-state index in [4.69, 9.17) is 18.9 Å². The molecule has 8 heteroatoms. The van der Waals surface area contributed by atoms with Gasteiger partial charge in [0, 0.05) is 5.92 Å². The second-order valence-corrected chi connectivity index (χ2v) is 8.43. The Morgan fingerprint density at radius 3 is 1.94 bits per heavy atom. The first kappa shape index (κ1) is 24.9. The third-order valence-corrected chi connectivity index (χ3v) is 6.38. The fourth-order valence-corrected chi connectivity index (χ4v) is 4.63. The zero-order valence-corrected chi connectivity index (χ0v) is 20.4. The molecule has 0 saturated carbocycles. The monoisotopic (exact) mass is 491 g/mol. The highest BCUT2D eigenvalue weighted by molar-refractivity contribution is 5.81. The zero-order chi connectivity index (χ0) is 25.7. The molecule has 0 heterocycles. The molecule has 0 aliphatic heterocycles. The third-order valence-electron chi connectivity index (χ3n) is 6.38. The van der Waals surface area contributed by atoms with E-state index in [1.54, 1.807) is 12.1 Å². The van der Waals surface area contributed by atoms with E-state index in [1.807, 2.05) is 36.4 Å². The van der Waals surface area contributed by atoms with E-state index in [9.17, 15) is 14.7 Å². The van der Waals surface area contributed by atoms with Crippen molar-refractivity contribution in [1.82, 2.24) is 5.32 Å². The molecule has 4 rings (SSSR count). The van der Waals surface area contributed by atoms with Crippen LogP contribution < -0.4 is 19.5 Å². The molecule has 0 spiro atoms. The van der Waals surface area contributed by atoms with Crippen LogP contribution in [0.2, 0.25) is 0 Å². The van der Waals surface area contributed by atoms with Gasteiger partial charge in [-0.1, -0.05) is 48.5 Å². The number of fused-ring (bicyclic) bond motifs is 3. The topological polar surface area (TPSA) is 103 Å². The van der Waals surface area contributed by atoms with Gasteiger partial charge >= 0.3 is 12.1 Å². The number of benzene rings is 3. The number of carbonyl (C=O) groups is 2. The second-order valence-electron chi connectivity index (χ2n) is 8.43. The summed E-state index contributed by atoms with van der Waals surface area (Å²) >= 11 is 0. The van der Waals surface area contributed by atoms with Crippen molar-refractivity contribution in [2.45, 2.75) is 24.8 Å². The molecule has 3 aromatic rings. The molecular weight excluding hydrogens is 462 g/mol. The number of ether oxygens (including phenoxy) is 4. The van der Waals surface area contributed by atoms with Crippen LogP contribution >= 0.6 is 0 Å². The largest absolute Gasteiger partial charge is 0.493 e. The Hall–Kier alpha value is -4.20. The SMILES string of the molecule is COc1cc(CC[C@H](NC(=O)OCC2c3ccccc3-c3ccccc32)C(=O)O)cc(OC)c1OC. The normalized spacial score (nSPS) is 12.8. The van der Waals surface area contributed by atoms with Crippen molar-refractivity contribution in [3.63, 3.8) is 0 Å². The number of hydrogen-bond donors (Lipinski definition) is 2. The number of alkyl carbamates (subject to hydrolysis) is 1. The average Bonchev–Trinajstić information content (AvgIpc) is 3.22. The van der Waals surface area contributed by atoms with Gasteiger partial charge in [-0.2, -0.15) is 0 Å². The summed E-state index contributed by atoms with van der Waals surface area (Å²) in [4.78, 5) is 24.4. The highest BCUT2D eigenvalue weighted by Crippen LogP contribution is 2.44. The van der Waals surface area contributed by atoms with Crippen LogP contribution in [0, 0.1) is 0 Å². The van der Waals surface area contributed by atoms with E-state index in [-0.39, 0.29) is 18.9 Å². The smallest absolute Gasteiger partial charge is 0.407 e. The van der Waals surface area contributed by atoms with Gasteiger partial charge < -0.3 is 29.4 Å². The molecule has 8 nitrogen and oxygen atoms in total. The number of aryl methyl sites for hydroxylation is 1. The van der Waals surface area contributed by atoms with Crippen molar-refractivity contribution in [2.75, 3.05) is 27.9 Å². The maximum absolute atomic E-state index is 12.6. The van der Waals surface area contributed by atoms with Crippen LogP contribution in [0.5, 0.6) is 17.2 Å². The van der Waals surface area contributed by atoms with Crippen molar-refractivity contribution in [3.8, 4) is 28.4 Å².